The Hall–Kier alpha value is -3.02. The monoisotopic (exact) mass is 385 g/mol. The first-order valence-corrected chi connectivity index (χ1v) is 9.24. The zero-order valence-corrected chi connectivity index (χ0v) is 17.0. The first kappa shape index (κ1) is 21.3. The van der Waals surface area contributed by atoms with Crippen LogP contribution in [0.1, 0.15) is 48.2 Å². The molecule has 0 aliphatic rings. The molecular formula is C22H27NO5. The predicted molar refractivity (Wildman–Crippen MR) is 108 cm³/mol. The van der Waals surface area contributed by atoms with Gasteiger partial charge in [-0.05, 0) is 49.1 Å². The van der Waals surface area contributed by atoms with Crippen molar-refractivity contribution < 1.29 is 23.8 Å². The van der Waals surface area contributed by atoms with E-state index in [1.807, 2.05) is 32.0 Å². The van der Waals surface area contributed by atoms with Crippen LogP contribution in [-0.2, 0) is 9.53 Å². The van der Waals surface area contributed by atoms with E-state index in [-0.39, 0.29) is 24.0 Å². The molecule has 0 heterocycles. The summed E-state index contributed by atoms with van der Waals surface area (Å²) in [5.41, 5.74) is 3.05. The molecule has 1 N–H and O–H groups in total. The van der Waals surface area contributed by atoms with E-state index in [9.17, 15) is 9.59 Å². The van der Waals surface area contributed by atoms with E-state index >= 15 is 0 Å². The van der Waals surface area contributed by atoms with Crippen molar-refractivity contribution in [1.29, 1.82) is 0 Å². The van der Waals surface area contributed by atoms with E-state index < -0.39 is 5.97 Å². The molecule has 0 aliphatic carbocycles. The minimum atomic E-state index is -0.604. The lowest BCUT2D eigenvalue weighted by Gasteiger charge is -2.16. The topological polar surface area (TPSA) is 73.9 Å². The van der Waals surface area contributed by atoms with Crippen LogP contribution in [0.3, 0.4) is 0 Å². The quantitative estimate of drug-likeness (QED) is 0.685. The highest BCUT2D eigenvalue weighted by Crippen LogP contribution is 2.29. The van der Waals surface area contributed by atoms with Crippen molar-refractivity contribution in [3.8, 4) is 11.5 Å². The number of carbonyl (C=O) groups excluding carboxylic acids is 2. The maximum absolute atomic E-state index is 12.3. The molecule has 0 saturated heterocycles. The molecule has 0 atom stereocenters. The molecule has 0 saturated carbocycles. The lowest BCUT2D eigenvalue weighted by atomic mass is 9.98. The molecule has 0 bridgehead atoms. The molecule has 6 heteroatoms. The number of nitrogens with one attached hydrogen (secondary N) is 1. The highest BCUT2D eigenvalue weighted by atomic mass is 16.5. The van der Waals surface area contributed by atoms with Gasteiger partial charge in [-0.2, -0.15) is 0 Å². The van der Waals surface area contributed by atoms with Gasteiger partial charge in [0.2, 0.25) is 0 Å². The lowest BCUT2D eigenvalue weighted by molar-refractivity contribution is -0.119. The van der Waals surface area contributed by atoms with E-state index in [2.05, 4.69) is 19.2 Å². The molecule has 2 aromatic carbocycles. The third kappa shape index (κ3) is 5.25. The number of esters is 1. The predicted octanol–water partition coefficient (Wildman–Crippen LogP) is 4.32. The summed E-state index contributed by atoms with van der Waals surface area (Å²) in [6, 6.07) is 10.6. The summed E-state index contributed by atoms with van der Waals surface area (Å²) in [4.78, 5) is 24.6. The molecule has 2 aromatic rings. The zero-order valence-electron chi connectivity index (χ0n) is 17.0. The normalized spacial score (nSPS) is 10.5. The van der Waals surface area contributed by atoms with E-state index in [1.54, 1.807) is 18.2 Å². The maximum atomic E-state index is 12.3. The molecule has 0 spiro atoms. The molecular weight excluding hydrogens is 358 g/mol. The highest BCUT2D eigenvalue weighted by molar-refractivity contribution is 5.96. The van der Waals surface area contributed by atoms with Crippen LogP contribution in [0.5, 0.6) is 11.5 Å². The Morgan fingerprint density at radius 2 is 1.86 bits per heavy atom. The summed E-state index contributed by atoms with van der Waals surface area (Å²) >= 11 is 0. The third-order valence-electron chi connectivity index (χ3n) is 4.22. The lowest BCUT2D eigenvalue weighted by Crippen LogP contribution is -2.22. The molecule has 1 amide bonds. The van der Waals surface area contributed by atoms with E-state index in [0.29, 0.717) is 18.1 Å². The van der Waals surface area contributed by atoms with Crippen LogP contribution < -0.4 is 14.8 Å². The van der Waals surface area contributed by atoms with Gasteiger partial charge in [-0.25, -0.2) is 4.79 Å². The summed E-state index contributed by atoms with van der Waals surface area (Å²) in [7, 11) is 1.52. The fourth-order valence-corrected chi connectivity index (χ4v) is 2.80. The SMILES string of the molecule is CCOc1cc(C(=O)OCC(=O)Nc2c(C)cccc2C(C)C)ccc1OC. The Morgan fingerprint density at radius 1 is 1.11 bits per heavy atom. The molecule has 0 aromatic heterocycles. The van der Waals surface area contributed by atoms with Gasteiger partial charge in [0.15, 0.2) is 18.1 Å². The third-order valence-corrected chi connectivity index (χ3v) is 4.22. The van der Waals surface area contributed by atoms with Crippen molar-refractivity contribution in [3.63, 3.8) is 0 Å². The second-order valence-electron chi connectivity index (χ2n) is 6.62. The summed E-state index contributed by atoms with van der Waals surface area (Å²) in [6.45, 7) is 7.95. The van der Waals surface area contributed by atoms with Gasteiger partial charge < -0.3 is 19.5 Å². The van der Waals surface area contributed by atoms with Gasteiger partial charge >= 0.3 is 5.97 Å². The number of ether oxygens (including phenoxy) is 3. The van der Waals surface area contributed by atoms with Crippen LogP contribution in [0.2, 0.25) is 0 Å². The first-order valence-electron chi connectivity index (χ1n) is 9.24. The molecule has 0 unspecified atom stereocenters. The molecule has 0 radical (unpaired) electrons. The summed E-state index contributed by atoms with van der Waals surface area (Å²) in [5, 5.41) is 2.86. The van der Waals surface area contributed by atoms with Crippen LogP contribution in [0, 0.1) is 6.92 Å². The first-order chi connectivity index (χ1) is 13.4. The molecule has 150 valence electrons. The summed E-state index contributed by atoms with van der Waals surface area (Å²) in [6.07, 6.45) is 0. The van der Waals surface area contributed by atoms with E-state index in [0.717, 1.165) is 16.8 Å². The van der Waals surface area contributed by atoms with Crippen LogP contribution in [0.4, 0.5) is 5.69 Å². The van der Waals surface area contributed by atoms with Crippen molar-refractivity contribution in [1.82, 2.24) is 0 Å². The van der Waals surface area contributed by atoms with Gasteiger partial charge in [0.05, 0.1) is 19.3 Å². The maximum Gasteiger partial charge on any atom is 0.338 e. The Bertz CT molecular complexity index is 845. The standard InChI is InChI=1S/C22H27NO5/c1-6-27-19-12-16(10-11-18(19)26-5)22(25)28-13-20(24)23-21-15(4)8-7-9-17(21)14(2)3/h7-12,14H,6,13H2,1-5H3,(H,23,24). The van der Waals surface area contributed by atoms with E-state index in [1.165, 1.54) is 7.11 Å². The van der Waals surface area contributed by atoms with Crippen molar-refractivity contribution in [2.45, 2.75) is 33.6 Å². The number of aryl methyl sites for hydroxylation is 1. The second kappa shape index (κ2) is 9.78. The smallest absolute Gasteiger partial charge is 0.338 e. The summed E-state index contributed by atoms with van der Waals surface area (Å²) in [5.74, 6) is 0.243. The van der Waals surface area contributed by atoms with Gasteiger partial charge in [0, 0.05) is 5.69 Å². The highest BCUT2D eigenvalue weighted by Gasteiger charge is 2.16. The largest absolute Gasteiger partial charge is 0.493 e. The molecule has 2 rings (SSSR count). The van der Waals surface area contributed by atoms with Crippen molar-refractivity contribution in [3.05, 3.63) is 53.1 Å². The summed E-state index contributed by atoms with van der Waals surface area (Å²) < 4.78 is 15.8. The molecule has 0 aliphatic heterocycles. The minimum absolute atomic E-state index is 0.258. The van der Waals surface area contributed by atoms with Gasteiger partial charge in [-0.15, -0.1) is 0 Å². The van der Waals surface area contributed by atoms with Crippen LogP contribution >= 0.6 is 0 Å². The van der Waals surface area contributed by atoms with Gasteiger partial charge in [-0.1, -0.05) is 32.0 Å². The average Bonchev–Trinajstić information content (AvgIpc) is 2.67. The van der Waals surface area contributed by atoms with Crippen molar-refractivity contribution >= 4 is 17.6 Å². The van der Waals surface area contributed by atoms with Crippen molar-refractivity contribution in [2.24, 2.45) is 0 Å². The Labute approximate surface area is 165 Å². The fourth-order valence-electron chi connectivity index (χ4n) is 2.80. The number of para-hydroxylation sites is 1. The number of carbonyl (C=O) groups is 2. The van der Waals surface area contributed by atoms with Gasteiger partial charge in [0.1, 0.15) is 0 Å². The number of amides is 1. The fraction of sp³-hybridized carbons (Fsp3) is 0.364. The van der Waals surface area contributed by atoms with Gasteiger partial charge in [-0.3, -0.25) is 4.79 Å². The van der Waals surface area contributed by atoms with Crippen molar-refractivity contribution in [2.75, 3.05) is 25.6 Å². The van der Waals surface area contributed by atoms with Crippen LogP contribution in [0.15, 0.2) is 36.4 Å². The number of methoxy groups -OCH3 is 1. The molecule has 28 heavy (non-hydrogen) atoms. The number of rotatable bonds is 8. The second-order valence-corrected chi connectivity index (χ2v) is 6.62. The Balaban J connectivity index is 2.04. The van der Waals surface area contributed by atoms with Gasteiger partial charge in [0.25, 0.3) is 5.91 Å². The van der Waals surface area contributed by atoms with Crippen LogP contribution in [-0.4, -0.2) is 32.2 Å². The Morgan fingerprint density at radius 3 is 2.50 bits per heavy atom. The number of benzene rings is 2. The zero-order chi connectivity index (χ0) is 20.7. The number of anilines is 1. The van der Waals surface area contributed by atoms with Crippen LogP contribution in [0.25, 0.3) is 0 Å². The number of hydrogen-bond acceptors (Lipinski definition) is 5. The molecule has 6 nitrogen and oxygen atoms in total. The van der Waals surface area contributed by atoms with E-state index in [4.69, 9.17) is 14.2 Å². The minimum Gasteiger partial charge on any atom is -0.493 e. The Kier molecular flexibility index (Phi) is 7.44. The number of hydrogen-bond donors (Lipinski definition) is 1. The molecule has 0 fully saturated rings. The average molecular weight is 385 g/mol.